The van der Waals surface area contributed by atoms with Gasteiger partial charge < -0.3 is 0 Å². The summed E-state index contributed by atoms with van der Waals surface area (Å²) in [6.45, 7) is 1.75. The SMILES string of the molecule is FC(F)(F)c1ccc(CN2CC2CBr)cc1. The van der Waals surface area contributed by atoms with E-state index in [0.29, 0.717) is 6.04 Å². The molecule has 1 aliphatic heterocycles. The van der Waals surface area contributed by atoms with Crippen molar-refractivity contribution in [3.8, 4) is 0 Å². The zero-order chi connectivity index (χ0) is 11.8. The monoisotopic (exact) mass is 293 g/mol. The van der Waals surface area contributed by atoms with E-state index < -0.39 is 11.7 Å². The average Bonchev–Trinajstić information content (AvgIpc) is 2.96. The van der Waals surface area contributed by atoms with Crippen LogP contribution in [0.5, 0.6) is 0 Å². The number of hydrogen-bond donors (Lipinski definition) is 0. The Morgan fingerprint density at radius 3 is 2.31 bits per heavy atom. The minimum atomic E-state index is -4.24. The standard InChI is InChI=1S/C11H11BrF3N/c12-5-10-7-16(10)6-8-1-3-9(4-2-8)11(13,14)15/h1-4,10H,5-7H2. The smallest absolute Gasteiger partial charge is 0.292 e. The molecule has 0 saturated carbocycles. The lowest BCUT2D eigenvalue weighted by Crippen LogP contribution is -2.06. The second kappa shape index (κ2) is 4.37. The van der Waals surface area contributed by atoms with Crippen molar-refractivity contribution in [3.63, 3.8) is 0 Å². The first-order chi connectivity index (χ1) is 7.50. The van der Waals surface area contributed by atoms with Crippen LogP contribution in [0.3, 0.4) is 0 Å². The van der Waals surface area contributed by atoms with Gasteiger partial charge in [-0.05, 0) is 17.7 Å². The number of hydrogen-bond acceptors (Lipinski definition) is 1. The molecule has 2 atom stereocenters. The number of rotatable bonds is 3. The van der Waals surface area contributed by atoms with Gasteiger partial charge in [0.25, 0.3) is 0 Å². The molecule has 1 saturated heterocycles. The van der Waals surface area contributed by atoms with Gasteiger partial charge in [-0.25, -0.2) is 0 Å². The molecule has 0 aliphatic carbocycles. The molecule has 0 radical (unpaired) electrons. The first-order valence-corrected chi connectivity index (χ1v) is 6.09. The zero-order valence-electron chi connectivity index (χ0n) is 8.47. The van der Waals surface area contributed by atoms with Crippen molar-refractivity contribution in [1.29, 1.82) is 0 Å². The van der Waals surface area contributed by atoms with Crippen LogP contribution in [0.15, 0.2) is 24.3 Å². The van der Waals surface area contributed by atoms with E-state index >= 15 is 0 Å². The Labute approximate surface area is 100 Å². The molecular formula is C11H11BrF3N. The minimum Gasteiger partial charge on any atom is -0.292 e. The van der Waals surface area contributed by atoms with Gasteiger partial charge in [0.2, 0.25) is 0 Å². The molecule has 1 fully saturated rings. The molecule has 0 spiro atoms. The number of halogens is 4. The number of alkyl halides is 4. The van der Waals surface area contributed by atoms with Gasteiger partial charge in [-0.2, -0.15) is 13.2 Å². The normalized spacial score (nSPS) is 24.5. The van der Waals surface area contributed by atoms with Crippen LogP contribution < -0.4 is 0 Å². The van der Waals surface area contributed by atoms with E-state index in [4.69, 9.17) is 0 Å². The fourth-order valence-corrected chi connectivity index (χ4v) is 2.21. The van der Waals surface area contributed by atoms with E-state index in [0.717, 1.165) is 36.1 Å². The van der Waals surface area contributed by atoms with Gasteiger partial charge in [0.15, 0.2) is 0 Å². The Morgan fingerprint density at radius 2 is 1.88 bits per heavy atom. The summed E-state index contributed by atoms with van der Waals surface area (Å²) in [6.07, 6.45) is -4.24. The zero-order valence-corrected chi connectivity index (χ0v) is 10.1. The van der Waals surface area contributed by atoms with Crippen molar-refractivity contribution in [2.45, 2.75) is 18.8 Å². The number of nitrogens with zero attached hydrogens (tertiary/aromatic N) is 1. The Morgan fingerprint density at radius 1 is 1.25 bits per heavy atom. The molecule has 1 nitrogen and oxygen atoms in total. The van der Waals surface area contributed by atoms with Crippen LogP contribution in [0, 0.1) is 0 Å². The summed E-state index contributed by atoms with van der Waals surface area (Å²) < 4.78 is 36.9. The van der Waals surface area contributed by atoms with E-state index in [9.17, 15) is 13.2 Å². The van der Waals surface area contributed by atoms with Crippen molar-refractivity contribution in [3.05, 3.63) is 35.4 Å². The summed E-state index contributed by atoms with van der Waals surface area (Å²) in [5.74, 6) is 0. The van der Waals surface area contributed by atoms with Crippen LogP contribution in [0.2, 0.25) is 0 Å². The van der Waals surface area contributed by atoms with Crippen molar-refractivity contribution >= 4 is 15.9 Å². The summed E-state index contributed by atoms with van der Waals surface area (Å²) in [6, 6.07) is 5.92. The maximum Gasteiger partial charge on any atom is 0.416 e. The van der Waals surface area contributed by atoms with E-state index in [2.05, 4.69) is 20.8 Å². The predicted octanol–water partition coefficient (Wildman–Crippen LogP) is 3.28. The summed E-state index contributed by atoms with van der Waals surface area (Å²) in [4.78, 5) is 2.21. The second-order valence-corrected chi connectivity index (χ2v) is 4.58. The third-order valence-corrected chi connectivity index (χ3v) is 3.42. The van der Waals surface area contributed by atoms with Gasteiger partial charge in [0.1, 0.15) is 0 Å². The summed E-state index contributed by atoms with van der Waals surface area (Å²) in [7, 11) is 0. The molecule has 0 N–H and O–H groups in total. The first kappa shape index (κ1) is 11.9. The lowest BCUT2D eigenvalue weighted by atomic mass is 10.1. The van der Waals surface area contributed by atoms with Crippen molar-refractivity contribution in [2.24, 2.45) is 0 Å². The Bertz CT molecular complexity index is 360. The topological polar surface area (TPSA) is 3.01 Å². The third-order valence-electron chi connectivity index (χ3n) is 2.67. The van der Waals surface area contributed by atoms with Crippen LogP contribution in [0.1, 0.15) is 11.1 Å². The molecule has 1 aromatic carbocycles. The van der Waals surface area contributed by atoms with Crippen LogP contribution in [-0.2, 0) is 12.7 Å². The largest absolute Gasteiger partial charge is 0.416 e. The van der Waals surface area contributed by atoms with Crippen molar-refractivity contribution in [1.82, 2.24) is 4.90 Å². The van der Waals surface area contributed by atoms with Gasteiger partial charge in [0, 0.05) is 24.5 Å². The van der Waals surface area contributed by atoms with Crippen LogP contribution in [0.4, 0.5) is 13.2 Å². The molecule has 88 valence electrons. The fraction of sp³-hybridized carbons (Fsp3) is 0.455. The van der Waals surface area contributed by atoms with Gasteiger partial charge in [-0.1, -0.05) is 28.1 Å². The summed E-state index contributed by atoms with van der Waals surface area (Å²) >= 11 is 3.38. The summed E-state index contributed by atoms with van der Waals surface area (Å²) in [5.41, 5.74) is 0.343. The van der Waals surface area contributed by atoms with Crippen molar-refractivity contribution < 1.29 is 13.2 Å². The average molecular weight is 294 g/mol. The quantitative estimate of drug-likeness (QED) is 0.610. The lowest BCUT2D eigenvalue weighted by Gasteiger charge is -2.08. The third kappa shape index (κ3) is 2.77. The van der Waals surface area contributed by atoms with E-state index in [-0.39, 0.29) is 0 Å². The van der Waals surface area contributed by atoms with Crippen LogP contribution >= 0.6 is 15.9 Å². The fourth-order valence-electron chi connectivity index (χ4n) is 1.60. The molecule has 1 aromatic rings. The Kier molecular flexibility index (Phi) is 3.26. The maximum atomic E-state index is 12.3. The van der Waals surface area contributed by atoms with Gasteiger partial charge in [0.05, 0.1) is 5.56 Å². The highest BCUT2D eigenvalue weighted by Crippen LogP contribution is 2.30. The first-order valence-electron chi connectivity index (χ1n) is 4.97. The van der Waals surface area contributed by atoms with Crippen molar-refractivity contribution in [2.75, 3.05) is 11.9 Å². The molecule has 0 aromatic heterocycles. The van der Waals surface area contributed by atoms with Gasteiger partial charge in [-0.15, -0.1) is 0 Å². The Balaban J connectivity index is 1.98. The van der Waals surface area contributed by atoms with Gasteiger partial charge in [-0.3, -0.25) is 4.90 Å². The minimum absolute atomic E-state index is 0.544. The van der Waals surface area contributed by atoms with E-state index in [1.54, 1.807) is 12.1 Å². The van der Waals surface area contributed by atoms with E-state index in [1.807, 2.05) is 0 Å². The molecular weight excluding hydrogens is 283 g/mol. The maximum absolute atomic E-state index is 12.3. The molecule has 0 amide bonds. The Hall–Kier alpha value is -0.550. The highest BCUT2D eigenvalue weighted by molar-refractivity contribution is 9.09. The van der Waals surface area contributed by atoms with E-state index in [1.165, 1.54) is 0 Å². The van der Waals surface area contributed by atoms with Crippen LogP contribution in [0.25, 0.3) is 0 Å². The predicted molar refractivity (Wildman–Crippen MR) is 59.4 cm³/mol. The highest BCUT2D eigenvalue weighted by atomic mass is 79.9. The lowest BCUT2D eigenvalue weighted by molar-refractivity contribution is -0.137. The molecule has 1 heterocycles. The molecule has 0 bridgehead atoms. The van der Waals surface area contributed by atoms with Crippen LogP contribution in [-0.4, -0.2) is 22.8 Å². The summed E-state index contributed by atoms with van der Waals surface area (Å²) in [5, 5.41) is 0.924. The molecule has 1 aliphatic rings. The molecule has 2 rings (SSSR count). The van der Waals surface area contributed by atoms with Gasteiger partial charge >= 0.3 is 6.18 Å². The number of benzene rings is 1. The molecule has 2 unspecified atom stereocenters. The highest BCUT2D eigenvalue weighted by Gasteiger charge is 2.33. The molecule has 16 heavy (non-hydrogen) atoms. The second-order valence-electron chi connectivity index (χ2n) is 3.93. The molecule has 5 heteroatoms.